The van der Waals surface area contributed by atoms with E-state index in [1.54, 1.807) is 6.07 Å². The summed E-state index contributed by atoms with van der Waals surface area (Å²) in [5, 5.41) is 26.1. The molecule has 0 amide bonds. The number of nitriles is 1. The highest BCUT2D eigenvalue weighted by atomic mass is 35.5. The first kappa shape index (κ1) is 16.4. The zero-order valence-electron chi connectivity index (χ0n) is 10.1. The Hall–Kier alpha value is -1.66. The fourth-order valence-corrected chi connectivity index (χ4v) is 2.65. The number of benzene rings is 1. The molecule has 1 atom stereocenters. The zero-order chi connectivity index (χ0) is 15.3. The van der Waals surface area contributed by atoms with Crippen LogP contribution in [0.1, 0.15) is 12.0 Å². The van der Waals surface area contributed by atoms with Gasteiger partial charge in [0.2, 0.25) is 10.0 Å². The van der Waals surface area contributed by atoms with E-state index in [1.807, 2.05) is 0 Å². The number of hydrogen-bond donors (Lipinski definition) is 3. The van der Waals surface area contributed by atoms with Gasteiger partial charge in [-0.3, -0.25) is 0 Å². The molecule has 9 heteroatoms. The maximum atomic E-state index is 11.9. The van der Waals surface area contributed by atoms with E-state index in [9.17, 15) is 13.2 Å². The first-order valence-corrected chi connectivity index (χ1v) is 7.24. The van der Waals surface area contributed by atoms with E-state index in [4.69, 9.17) is 27.1 Å². The van der Waals surface area contributed by atoms with E-state index in [-0.39, 0.29) is 28.4 Å². The molecule has 0 radical (unpaired) electrons. The third-order valence-corrected chi connectivity index (χ3v) is 4.14. The summed E-state index contributed by atoms with van der Waals surface area (Å²) in [6.07, 6.45) is -1.90. The average Bonchev–Trinajstić information content (AvgIpc) is 2.38. The molecule has 3 N–H and O–H groups in total. The smallest absolute Gasteiger partial charge is 0.332 e. The van der Waals surface area contributed by atoms with Gasteiger partial charge in [0, 0.05) is 6.54 Å². The summed E-state index contributed by atoms with van der Waals surface area (Å²) in [5.74, 6) is -1.43. The molecule has 0 spiro atoms. The van der Waals surface area contributed by atoms with Crippen LogP contribution in [0.4, 0.5) is 0 Å². The van der Waals surface area contributed by atoms with Crippen LogP contribution >= 0.6 is 11.6 Å². The van der Waals surface area contributed by atoms with Gasteiger partial charge in [0.25, 0.3) is 0 Å². The molecule has 0 aliphatic carbocycles. The highest BCUT2D eigenvalue weighted by Crippen LogP contribution is 2.20. The van der Waals surface area contributed by atoms with Crippen LogP contribution in [0.3, 0.4) is 0 Å². The molecule has 0 fully saturated rings. The molecule has 7 nitrogen and oxygen atoms in total. The number of aliphatic hydroxyl groups excluding tert-OH is 1. The second kappa shape index (κ2) is 6.67. The van der Waals surface area contributed by atoms with Crippen molar-refractivity contribution in [2.45, 2.75) is 17.4 Å². The monoisotopic (exact) mass is 318 g/mol. The van der Waals surface area contributed by atoms with Crippen molar-refractivity contribution in [1.82, 2.24) is 4.72 Å². The van der Waals surface area contributed by atoms with E-state index < -0.39 is 22.1 Å². The molecule has 1 rings (SSSR count). The Bertz CT molecular complexity index is 653. The van der Waals surface area contributed by atoms with Gasteiger partial charge in [0.1, 0.15) is 6.07 Å². The average molecular weight is 319 g/mol. The number of aliphatic hydroxyl groups is 1. The summed E-state index contributed by atoms with van der Waals surface area (Å²) in [4.78, 5) is 10.2. The number of halogens is 1. The minimum atomic E-state index is -3.88. The van der Waals surface area contributed by atoms with Gasteiger partial charge in [0.15, 0.2) is 6.10 Å². The van der Waals surface area contributed by atoms with Gasteiger partial charge in [-0.25, -0.2) is 17.9 Å². The predicted molar refractivity (Wildman–Crippen MR) is 69.6 cm³/mol. The third kappa shape index (κ3) is 4.18. The van der Waals surface area contributed by atoms with Crippen LogP contribution in [0.2, 0.25) is 5.02 Å². The second-order valence-corrected chi connectivity index (χ2v) is 5.97. The van der Waals surface area contributed by atoms with Gasteiger partial charge in [-0.2, -0.15) is 5.26 Å². The fraction of sp³-hybridized carbons (Fsp3) is 0.273. The quantitative estimate of drug-likeness (QED) is 0.693. The molecule has 0 heterocycles. The maximum Gasteiger partial charge on any atom is 0.332 e. The Kier molecular flexibility index (Phi) is 5.47. The van der Waals surface area contributed by atoms with Crippen molar-refractivity contribution in [1.29, 1.82) is 5.26 Å². The molecule has 1 unspecified atom stereocenters. The summed E-state index contributed by atoms with van der Waals surface area (Å²) >= 11 is 5.73. The van der Waals surface area contributed by atoms with Crippen LogP contribution in [0.15, 0.2) is 23.1 Å². The zero-order valence-corrected chi connectivity index (χ0v) is 11.6. The maximum absolute atomic E-state index is 11.9. The molecule has 1 aromatic carbocycles. The number of carbonyl (C=O) groups is 1. The standard InChI is InChI=1S/C11H11ClN2O5S/c12-9-5-8(2-1-7(9)6-13)20(18,19)14-4-3-10(15)11(16)17/h1-2,5,10,14-15H,3-4H2,(H,16,17). The molecule has 20 heavy (non-hydrogen) atoms. The third-order valence-electron chi connectivity index (χ3n) is 2.37. The van der Waals surface area contributed by atoms with Crippen molar-refractivity contribution in [3.63, 3.8) is 0 Å². The number of carboxylic acids is 1. The molecular weight excluding hydrogens is 308 g/mol. The topological polar surface area (TPSA) is 127 Å². The molecule has 0 aromatic heterocycles. The van der Waals surface area contributed by atoms with Crippen molar-refractivity contribution in [2.24, 2.45) is 0 Å². The molecule has 108 valence electrons. The van der Waals surface area contributed by atoms with Crippen LogP contribution in [0.5, 0.6) is 0 Å². The van der Waals surface area contributed by atoms with Gasteiger partial charge in [-0.05, 0) is 24.6 Å². The van der Waals surface area contributed by atoms with Crippen LogP contribution in [0.25, 0.3) is 0 Å². The number of hydrogen-bond acceptors (Lipinski definition) is 5. The number of nitrogens with one attached hydrogen (secondary N) is 1. The number of rotatable bonds is 6. The largest absolute Gasteiger partial charge is 0.479 e. The van der Waals surface area contributed by atoms with E-state index in [0.29, 0.717) is 0 Å². The fourth-order valence-electron chi connectivity index (χ4n) is 1.29. The van der Waals surface area contributed by atoms with E-state index in [0.717, 1.165) is 6.07 Å². The van der Waals surface area contributed by atoms with Crippen molar-refractivity contribution < 1.29 is 23.4 Å². The van der Waals surface area contributed by atoms with Gasteiger partial charge in [0.05, 0.1) is 15.5 Å². The molecule has 0 saturated carbocycles. The van der Waals surface area contributed by atoms with Crippen LogP contribution in [-0.4, -0.2) is 37.2 Å². The highest BCUT2D eigenvalue weighted by molar-refractivity contribution is 7.89. The molecule has 0 aliphatic rings. The van der Waals surface area contributed by atoms with E-state index >= 15 is 0 Å². The van der Waals surface area contributed by atoms with Crippen LogP contribution < -0.4 is 4.72 Å². The van der Waals surface area contributed by atoms with Crippen molar-refractivity contribution in [3.05, 3.63) is 28.8 Å². The first-order chi connectivity index (χ1) is 9.27. The second-order valence-electron chi connectivity index (χ2n) is 3.79. The summed E-state index contributed by atoms with van der Waals surface area (Å²) in [7, 11) is -3.88. The Balaban J connectivity index is 2.77. The number of sulfonamides is 1. The van der Waals surface area contributed by atoms with Gasteiger partial charge >= 0.3 is 5.97 Å². The number of carboxylic acid groups (broad SMARTS) is 1. The molecule has 0 aliphatic heterocycles. The van der Waals surface area contributed by atoms with Crippen molar-refractivity contribution in [3.8, 4) is 6.07 Å². The van der Waals surface area contributed by atoms with Crippen LogP contribution in [0, 0.1) is 11.3 Å². The van der Waals surface area contributed by atoms with Crippen molar-refractivity contribution in [2.75, 3.05) is 6.54 Å². The highest BCUT2D eigenvalue weighted by Gasteiger charge is 2.18. The van der Waals surface area contributed by atoms with Gasteiger partial charge < -0.3 is 10.2 Å². The van der Waals surface area contributed by atoms with Crippen LogP contribution in [-0.2, 0) is 14.8 Å². The Morgan fingerprint density at radius 3 is 2.65 bits per heavy atom. The number of aliphatic carboxylic acids is 1. The minimum Gasteiger partial charge on any atom is -0.479 e. The Labute approximate surface area is 120 Å². The van der Waals surface area contributed by atoms with E-state index in [2.05, 4.69) is 4.72 Å². The summed E-state index contributed by atoms with van der Waals surface area (Å²) in [6, 6.07) is 5.40. The summed E-state index contributed by atoms with van der Waals surface area (Å²) in [6.45, 7) is -0.243. The molecule has 0 bridgehead atoms. The molecular formula is C11H11ClN2O5S. The normalized spacial score (nSPS) is 12.7. The molecule has 0 saturated heterocycles. The lowest BCUT2D eigenvalue weighted by Crippen LogP contribution is -2.30. The summed E-state index contributed by atoms with van der Waals surface area (Å²) < 4.78 is 25.8. The Morgan fingerprint density at radius 1 is 1.50 bits per heavy atom. The Morgan fingerprint density at radius 2 is 2.15 bits per heavy atom. The van der Waals surface area contributed by atoms with Gasteiger partial charge in [-0.15, -0.1) is 0 Å². The lowest BCUT2D eigenvalue weighted by atomic mass is 10.2. The lowest BCUT2D eigenvalue weighted by molar-refractivity contribution is -0.146. The predicted octanol–water partition coefficient (Wildman–Crippen LogP) is 0.326. The van der Waals surface area contributed by atoms with E-state index in [1.165, 1.54) is 12.1 Å². The number of nitrogens with zero attached hydrogens (tertiary/aromatic N) is 1. The minimum absolute atomic E-state index is 0.000876. The lowest BCUT2D eigenvalue weighted by Gasteiger charge is -2.09. The molecule has 1 aromatic rings. The SMILES string of the molecule is N#Cc1ccc(S(=O)(=O)NCCC(O)C(=O)O)cc1Cl. The first-order valence-electron chi connectivity index (χ1n) is 5.38. The van der Waals surface area contributed by atoms with Gasteiger partial charge in [-0.1, -0.05) is 11.6 Å². The van der Waals surface area contributed by atoms with Crippen molar-refractivity contribution >= 4 is 27.6 Å². The summed E-state index contributed by atoms with van der Waals surface area (Å²) in [5.41, 5.74) is 0.145.